The average Bonchev–Trinajstić information content (AvgIpc) is 2.56. The molecule has 5 heteroatoms. The van der Waals surface area contributed by atoms with Crippen LogP contribution in [0.2, 0.25) is 0 Å². The summed E-state index contributed by atoms with van der Waals surface area (Å²) in [7, 11) is 1.44. The summed E-state index contributed by atoms with van der Waals surface area (Å²) in [4.78, 5) is 16.6. The first kappa shape index (κ1) is 15.0. The number of aromatic nitrogens is 2. The molecule has 4 nitrogen and oxygen atoms in total. The molecule has 0 aliphatic carbocycles. The molecule has 0 saturated heterocycles. The predicted molar refractivity (Wildman–Crippen MR) is 88.6 cm³/mol. The smallest absolute Gasteiger partial charge is 0.263 e. The highest BCUT2D eigenvalue weighted by molar-refractivity contribution is 5.92. The number of ether oxygens (including phenoxy) is 1. The highest BCUT2D eigenvalue weighted by Gasteiger charge is 2.14. The van der Waals surface area contributed by atoms with Crippen LogP contribution in [0.4, 0.5) is 4.39 Å². The first-order valence-electron chi connectivity index (χ1n) is 7.03. The molecule has 3 rings (SSSR count). The molecule has 0 spiro atoms. The van der Waals surface area contributed by atoms with E-state index in [9.17, 15) is 9.18 Å². The lowest BCUT2D eigenvalue weighted by atomic mass is 10.0. The third kappa shape index (κ3) is 2.50. The number of pyridine rings is 2. The maximum Gasteiger partial charge on any atom is 0.263 e. The number of fused-ring (bicyclic) bond motifs is 1. The maximum absolute atomic E-state index is 14.2. The van der Waals surface area contributed by atoms with E-state index in [1.54, 1.807) is 18.3 Å². The zero-order valence-electron chi connectivity index (χ0n) is 12.8. The Hall–Kier alpha value is -2.95. The molecule has 1 aromatic carbocycles. The van der Waals surface area contributed by atoms with Crippen molar-refractivity contribution in [2.24, 2.45) is 0 Å². The predicted octanol–water partition coefficient (Wildman–Crippen LogP) is 3.57. The Labute approximate surface area is 132 Å². The molecular formula is C18H15FN2O2. The number of nitrogens with zero attached hydrogens (tertiary/aromatic N) is 2. The number of rotatable bonds is 3. The molecule has 0 radical (unpaired) electrons. The molecule has 0 atom stereocenters. The highest BCUT2D eigenvalue weighted by Crippen LogP contribution is 2.24. The van der Waals surface area contributed by atoms with Crippen LogP contribution in [0.3, 0.4) is 0 Å². The second-order valence-corrected chi connectivity index (χ2v) is 5.22. The van der Waals surface area contributed by atoms with Crippen molar-refractivity contribution in [2.45, 2.75) is 6.92 Å². The van der Waals surface area contributed by atoms with Crippen LogP contribution in [-0.2, 0) is 0 Å². The van der Waals surface area contributed by atoms with Crippen LogP contribution >= 0.6 is 0 Å². The lowest BCUT2D eigenvalue weighted by molar-refractivity contribution is 0.395. The fourth-order valence-electron chi connectivity index (χ4n) is 2.52. The van der Waals surface area contributed by atoms with Gasteiger partial charge in [0, 0.05) is 23.2 Å². The molecule has 0 aliphatic heterocycles. The Balaban J connectivity index is 2.41. The topological polar surface area (TPSA) is 44.1 Å². The number of benzene rings is 1. The van der Waals surface area contributed by atoms with Gasteiger partial charge in [0.2, 0.25) is 5.88 Å². The Kier molecular flexibility index (Phi) is 3.70. The van der Waals surface area contributed by atoms with Gasteiger partial charge in [-0.3, -0.25) is 9.36 Å². The van der Waals surface area contributed by atoms with Gasteiger partial charge in [0.05, 0.1) is 19.0 Å². The van der Waals surface area contributed by atoms with E-state index in [0.29, 0.717) is 5.39 Å². The van der Waals surface area contributed by atoms with Crippen molar-refractivity contribution in [1.82, 2.24) is 9.55 Å². The lowest BCUT2D eigenvalue weighted by Gasteiger charge is -2.13. The van der Waals surface area contributed by atoms with E-state index in [0.717, 1.165) is 22.7 Å². The van der Waals surface area contributed by atoms with Gasteiger partial charge in [0.1, 0.15) is 0 Å². The summed E-state index contributed by atoms with van der Waals surface area (Å²) in [6.07, 6.45) is 2.64. The van der Waals surface area contributed by atoms with E-state index in [1.165, 1.54) is 17.7 Å². The van der Waals surface area contributed by atoms with Gasteiger partial charge in [0.25, 0.3) is 5.56 Å². The summed E-state index contributed by atoms with van der Waals surface area (Å²) in [5.41, 5.74) is 1.36. The molecule has 3 aromatic rings. The van der Waals surface area contributed by atoms with Crippen LogP contribution in [0, 0.1) is 5.82 Å². The van der Waals surface area contributed by atoms with Gasteiger partial charge in [-0.1, -0.05) is 24.8 Å². The maximum atomic E-state index is 14.2. The van der Waals surface area contributed by atoms with E-state index in [2.05, 4.69) is 11.6 Å². The van der Waals surface area contributed by atoms with Crippen molar-refractivity contribution < 1.29 is 9.13 Å². The van der Waals surface area contributed by atoms with Crippen LogP contribution in [0.1, 0.15) is 12.5 Å². The molecule has 0 bridgehead atoms. The SMILES string of the molecule is C=C(C)c1cn(-c2cc(OC)ncc2F)c(=O)c2ccccc12. The molecular weight excluding hydrogens is 295 g/mol. The minimum atomic E-state index is -0.601. The van der Waals surface area contributed by atoms with Crippen molar-refractivity contribution in [3.8, 4) is 11.6 Å². The number of methoxy groups -OCH3 is 1. The van der Waals surface area contributed by atoms with Crippen molar-refractivity contribution in [2.75, 3.05) is 7.11 Å². The van der Waals surface area contributed by atoms with Gasteiger partial charge in [0.15, 0.2) is 5.82 Å². The highest BCUT2D eigenvalue weighted by atomic mass is 19.1. The van der Waals surface area contributed by atoms with Gasteiger partial charge in [-0.2, -0.15) is 0 Å². The molecule has 116 valence electrons. The third-order valence-electron chi connectivity index (χ3n) is 3.66. The zero-order chi connectivity index (χ0) is 16.6. The van der Waals surface area contributed by atoms with Crippen molar-refractivity contribution in [1.29, 1.82) is 0 Å². The molecule has 0 saturated carbocycles. The number of halogens is 1. The summed E-state index contributed by atoms with van der Waals surface area (Å²) in [6.45, 7) is 5.80. The largest absolute Gasteiger partial charge is 0.481 e. The van der Waals surface area contributed by atoms with Crippen molar-refractivity contribution in [3.05, 3.63) is 71.0 Å². The monoisotopic (exact) mass is 310 g/mol. The van der Waals surface area contributed by atoms with Crippen LogP contribution < -0.4 is 10.3 Å². The summed E-state index contributed by atoms with van der Waals surface area (Å²) in [6, 6.07) is 8.60. The van der Waals surface area contributed by atoms with Gasteiger partial charge < -0.3 is 4.74 Å². The van der Waals surface area contributed by atoms with Crippen molar-refractivity contribution in [3.63, 3.8) is 0 Å². The standard InChI is InChI=1S/C18H15FN2O2/c1-11(2)14-10-21(16-8-17(23-3)20-9-15(16)19)18(22)13-7-5-4-6-12(13)14/h4-10H,1H2,2-3H3. The number of hydrogen-bond acceptors (Lipinski definition) is 3. The van der Waals surface area contributed by atoms with E-state index >= 15 is 0 Å². The molecule has 0 N–H and O–H groups in total. The van der Waals surface area contributed by atoms with Gasteiger partial charge in [-0.15, -0.1) is 0 Å². The van der Waals surface area contributed by atoms with E-state index in [-0.39, 0.29) is 17.1 Å². The quantitative estimate of drug-likeness (QED) is 0.743. The van der Waals surface area contributed by atoms with Crippen LogP contribution in [0.25, 0.3) is 22.0 Å². The fraction of sp³-hybridized carbons (Fsp3) is 0.111. The van der Waals surface area contributed by atoms with E-state index in [1.807, 2.05) is 19.1 Å². The van der Waals surface area contributed by atoms with Crippen LogP contribution in [0.15, 0.2) is 54.1 Å². The number of allylic oxidation sites excluding steroid dienone is 1. The molecule has 0 amide bonds. The van der Waals surface area contributed by atoms with Gasteiger partial charge in [-0.25, -0.2) is 9.37 Å². The second kappa shape index (κ2) is 5.68. The minimum Gasteiger partial charge on any atom is -0.481 e. The second-order valence-electron chi connectivity index (χ2n) is 5.22. The Bertz CT molecular complexity index is 976. The summed E-state index contributed by atoms with van der Waals surface area (Å²) in [5, 5.41) is 1.30. The van der Waals surface area contributed by atoms with Crippen LogP contribution in [-0.4, -0.2) is 16.7 Å². The Morgan fingerprint density at radius 3 is 2.65 bits per heavy atom. The molecule has 0 fully saturated rings. The zero-order valence-corrected chi connectivity index (χ0v) is 12.8. The van der Waals surface area contributed by atoms with E-state index < -0.39 is 5.82 Å². The first-order valence-corrected chi connectivity index (χ1v) is 7.03. The first-order chi connectivity index (χ1) is 11.0. The number of hydrogen-bond donors (Lipinski definition) is 0. The Morgan fingerprint density at radius 2 is 2.00 bits per heavy atom. The molecule has 2 heterocycles. The third-order valence-corrected chi connectivity index (χ3v) is 3.66. The fourth-order valence-corrected chi connectivity index (χ4v) is 2.52. The molecule has 2 aromatic heterocycles. The minimum absolute atomic E-state index is 0.0927. The molecule has 0 unspecified atom stereocenters. The van der Waals surface area contributed by atoms with Gasteiger partial charge >= 0.3 is 0 Å². The molecule has 0 aliphatic rings. The van der Waals surface area contributed by atoms with Crippen LogP contribution in [0.5, 0.6) is 5.88 Å². The summed E-state index contributed by atoms with van der Waals surface area (Å²) in [5.74, 6) is -0.366. The normalized spacial score (nSPS) is 10.7. The van der Waals surface area contributed by atoms with E-state index in [4.69, 9.17) is 4.74 Å². The van der Waals surface area contributed by atoms with Gasteiger partial charge in [-0.05, 0) is 23.9 Å². The van der Waals surface area contributed by atoms with Crippen molar-refractivity contribution >= 4 is 16.3 Å². The lowest BCUT2D eigenvalue weighted by Crippen LogP contribution is -2.20. The summed E-state index contributed by atoms with van der Waals surface area (Å²) < 4.78 is 20.5. The average molecular weight is 310 g/mol. The summed E-state index contributed by atoms with van der Waals surface area (Å²) >= 11 is 0. The molecule has 23 heavy (non-hydrogen) atoms. The Morgan fingerprint density at radius 1 is 1.30 bits per heavy atom.